The smallest absolute Gasteiger partial charge is 0.406 e. The molecule has 3 N–H and O–H groups in total. The number of amides is 1. The molecule has 2 aromatic heterocycles. The molecule has 360 valence electrons. The Hall–Kier alpha value is -5.95. The molecule has 1 amide bonds. The monoisotopic (exact) mass is 951 g/mol. The molecule has 0 spiro atoms. The van der Waals surface area contributed by atoms with Crippen molar-refractivity contribution in [3.8, 4) is 28.1 Å². The molecule has 2 saturated heterocycles. The maximum atomic E-state index is 14.5. The zero-order valence-electron chi connectivity index (χ0n) is 36.9. The highest BCUT2D eigenvalue weighted by molar-refractivity contribution is 5.99. The first kappa shape index (κ1) is 48.5. The molecule has 4 heterocycles. The van der Waals surface area contributed by atoms with Gasteiger partial charge in [-0.25, -0.2) is 0 Å². The number of piperazine rings is 1. The fourth-order valence-electron chi connectivity index (χ4n) is 9.13. The summed E-state index contributed by atoms with van der Waals surface area (Å²) in [4.78, 5) is 23.1. The van der Waals surface area contributed by atoms with Gasteiger partial charge in [-0.3, -0.25) is 24.9 Å². The number of aromatic nitrogens is 2. The molecule has 0 atom stereocenters. The van der Waals surface area contributed by atoms with Gasteiger partial charge in [0.25, 0.3) is 0 Å². The highest BCUT2D eigenvalue weighted by Crippen LogP contribution is 2.42. The van der Waals surface area contributed by atoms with Gasteiger partial charge in [0, 0.05) is 87.1 Å². The minimum atomic E-state index is -4.77. The Labute approximate surface area is 387 Å². The number of hydrogen-bond acceptors (Lipinski definition) is 7. The maximum Gasteiger partial charge on any atom is 0.573 e. The Morgan fingerprint density at radius 1 is 0.735 bits per heavy atom. The number of rotatable bonds is 15. The summed E-state index contributed by atoms with van der Waals surface area (Å²) in [5.41, 5.74) is 1.76. The maximum absolute atomic E-state index is 14.5. The normalized spacial score (nSPS) is 16.2. The average molecular weight is 952 g/mol. The predicted octanol–water partition coefficient (Wildman–Crippen LogP) is 10.0. The SMILES string of the molecule is O=C(NCCCn1cc(-c2ccccc2C(F)(F)F)c2c(CN3CCN(Cc4ccc(OC(F)(F)F)cc4)CC3)cccc21)C1(NCc2cccc(-c3cccc(C(F)(F)F)c3)n2)CCNCC1. The molecule has 0 bridgehead atoms. The van der Waals surface area contributed by atoms with Gasteiger partial charge in [-0.1, -0.05) is 60.7 Å². The number of ether oxygens (including phenoxy) is 1. The van der Waals surface area contributed by atoms with E-state index in [2.05, 4.69) is 35.5 Å². The van der Waals surface area contributed by atoms with Crippen molar-refractivity contribution in [3.05, 3.63) is 143 Å². The number of nitrogens with one attached hydrogen (secondary N) is 3. The van der Waals surface area contributed by atoms with Crippen molar-refractivity contribution >= 4 is 16.8 Å². The molecule has 6 aromatic rings. The summed E-state index contributed by atoms with van der Waals surface area (Å²) in [6.45, 7) is 5.71. The second-order valence-corrected chi connectivity index (χ2v) is 17.2. The van der Waals surface area contributed by atoms with Crippen LogP contribution in [-0.4, -0.2) is 83.0 Å². The van der Waals surface area contributed by atoms with Crippen molar-refractivity contribution in [2.75, 3.05) is 45.8 Å². The number of fused-ring (bicyclic) bond motifs is 1. The molecule has 68 heavy (non-hydrogen) atoms. The molecule has 18 heteroatoms. The zero-order valence-corrected chi connectivity index (χ0v) is 36.9. The Kier molecular flexibility index (Phi) is 14.5. The van der Waals surface area contributed by atoms with Gasteiger partial charge < -0.3 is 19.9 Å². The number of hydrogen-bond donors (Lipinski definition) is 3. The Morgan fingerprint density at radius 3 is 2.13 bits per heavy atom. The number of carbonyl (C=O) groups is 1. The molecular weight excluding hydrogens is 902 g/mol. The van der Waals surface area contributed by atoms with Crippen LogP contribution in [0.3, 0.4) is 0 Å². The first-order chi connectivity index (χ1) is 32.4. The van der Waals surface area contributed by atoms with Gasteiger partial charge in [0.1, 0.15) is 11.3 Å². The molecule has 0 aliphatic carbocycles. The van der Waals surface area contributed by atoms with Crippen molar-refractivity contribution in [3.63, 3.8) is 0 Å². The molecule has 9 nitrogen and oxygen atoms in total. The first-order valence-corrected chi connectivity index (χ1v) is 22.4. The van der Waals surface area contributed by atoms with Crippen LogP contribution < -0.4 is 20.7 Å². The van der Waals surface area contributed by atoms with E-state index in [0.29, 0.717) is 106 Å². The largest absolute Gasteiger partial charge is 0.573 e. The number of carbonyl (C=O) groups excluding carboxylic acids is 1. The molecule has 0 saturated carbocycles. The summed E-state index contributed by atoms with van der Waals surface area (Å²) in [5, 5.41) is 10.5. The van der Waals surface area contributed by atoms with E-state index in [0.717, 1.165) is 34.8 Å². The number of alkyl halides is 9. The van der Waals surface area contributed by atoms with Crippen LogP contribution in [-0.2, 0) is 43.3 Å². The van der Waals surface area contributed by atoms with E-state index in [4.69, 9.17) is 0 Å². The Balaban J connectivity index is 0.944. The van der Waals surface area contributed by atoms with E-state index in [1.54, 1.807) is 48.7 Å². The van der Waals surface area contributed by atoms with Crippen LogP contribution in [0.15, 0.2) is 115 Å². The van der Waals surface area contributed by atoms with Gasteiger partial charge in [0.2, 0.25) is 5.91 Å². The lowest BCUT2D eigenvalue weighted by Crippen LogP contribution is -2.61. The quantitative estimate of drug-likeness (QED) is 0.0699. The lowest BCUT2D eigenvalue weighted by Gasteiger charge is -2.37. The minimum absolute atomic E-state index is 0.0646. The third-order valence-electron chi connectivity index (χ3n) is 12.6. The van der Waals surface area contributed by atoms with Crippen LogP contribution in [0.1, 0.15) is 47.2 Å². The van der Waals surface area contributed by atoms with E-state index in [1.165, 1.54) is 30.3 Å². The van der Waals surface area contributed by atoms with Gasteiger partial charge in [-0.2, -0.15) is 26.3 Å². The lowest BCUT2D eigenvalue weighted by atomic mass is 9.87. The van der Waals surface area contributed by atoms with Crippen molar-refractivity contribution < 1.29 is 49.0 Å². The summed E-state index contributed by atoms with van der Waals surface area (Å²) in [6, 6.07) is 27.1. The molecule has 2 aliphatic heterocycles. The fraction of sp³-hybridized carbons (Fsp3) is 0.360. The van der Waals surface area contributed by atoms with Gasteiger partial charge in [-0.05, 0) is 97.6 Å². The first-order valence-electron chi connectivity index (χ1n) is 22.4. The molecule has 2 fully saturated rings. The Morgan fingerprint density at radius 2 is 1.43 bits per heavy atom. The van der Waals surface area contributed by atoms with E-state index >= 15 is 0 Å². The zero-order chi connectivity index (χ0) is 48.1. The van der Waals surface area contributed by atoms with Gasteiger partial charge >= 0.3 is 18.7 Å². The van der Waals surface area contributed by atoms with E-state index < -0.39 is 35.4 Å². The van der Waals surface area contributed by atoms with Crippen LogP contribution in [0.2, 0.25) is 0 Å². The lowest BCUT2D eigenvalue weighted by molar-refractivity contribution is -0.274. The molecular formula is C50H50F9N7O2. The summed E-state index contributed by atoms with van der Waals surface area (Å²) < 4.78 is 128. The molecule has 8 rings (SSSR count). The predicted molar refractivity (Wildman–Crippen MR) is 240 cm³/mol. The van der Waals surface area contributed by atoms with Crippen molar-refractivity contribution in [2.24, 2.45) is 0 Å². The number of nitrogens with zero attached hydrogens (tertiary/aromatic N) is 4. The van der Waals surface area contributed by atoms with Crippen LogP contribution in [0.5, 0.6) is 5.75 Å². The summed E-state index contributed by atoms with van der Waals surface area (Å²) >= 11 is 0. The third kappa shape index (κ3) is 11.8. The van der Waals surface area contributed by atoms with Gasteiger partial charge in [0.05, 0.1) is 22.5 Å². The highest BCUT2D eigenvalue weighted by atomic mass is 19.4. The number of pyridine rings is 1. The van der Waals surface area contributed by atoms with Crippen LogP contribution >= 0.6 is 0 Å². The molecule has 0 unspecified atom stereocenters. The molecule has 0 radical (unpaired) electrons. The fourth-order valence-corrected chi connectivity index (χ4v) is 9.13. The van der Waals surface area contributed by atoms with Crippen LogP contribution in [0.4, 0.5) is 39.5 Å². The number of piperidine rings is 1. The van der Waals surface area contributed by atoms with E-state index in [9.17, 15) is 44.3 Å². The van der Waals surface area contributed by atoms with Crippen molar-refractivity contribution in [1.82, 2.24) is 35.3 Å². The van der Waals surface area contributed by atoms with Crippen molar-refractivity contribution in [1.29, 1.82) is 0 Å². The van der Waals surface area contributed by atoms with Gasteiger partial charge in [-0.15, -0.1) is 13.2 Å². The number of halogens is 9. The number of benzene rings is 4. The molecule has 2 aliphatic rings. The summed E-state index contributed by atoms with van der Waals surface area (Å²) in [6.07, 6.45) is -10.7. The van der Waals surface area contributed by atoms with Crippen molar-refractivity contribution in [2.45, 2.75) is 69.7 Å². The standard InChI is InChI=1S/C50H50F9N7O2/c51-48(52,53)37-9-3-7-35(29-37)43-13-5-10-38(63-43)30-62-47(19-22-60-23-20-47)46(67)61-21-6-24-66-33-41(40-11-1-2-12-42(40)49(54,55)56)45-36(8-4-14-44(45)66)32-65-27-25-64(26-28-65)31-34-15-17-39(18-16-34)68-50(57,58)59/h1-5,7-18,29,33,60,62H,6,19-28,30-32H2,(H,61,67). The van der Waals surface area contributed by atoms with Gasteiger partial charge in [0.15, 0.2) is 0 Å². The topological polar surface area (TPSA) is 86.7 Å². The second-order valence-electron chi connectivity index (χ2n) is 17.2. The number of aryl methyl sites for hydroxylation is 1. The summed E-state index contributed by atoms with van der Waals surface area (Å²) in [5.74, 6) is -0.494. The minimum Gasteiger partial charge on any atom is -0.406 e. The van der Waals surface area contributed by atoms with Crippen LogP contribution in [0.25, 0.3) is 33.3 Å². The summed E-state index contributed by atoms with van der Waals surface area (Å²) in [7, 11) is 0. The average Bonchev–Trinajstić information content (AvgIpc) is 3.69. The second kappa shape index (κ2) is 20.3. The third-order valence-corrected chi connectivity index (χ3v) is 12.6. The van der Waals surface area contributed by atoms with E-state index in [1.807, 2.05) is 22.8 Å². The molecule has 4 aromatic carbocycles. The highest BCUT2D eigenvalue weighted by Gasteiger charge is 2.39. The Bertz CT molecular complexity index is 2670. The van der Waals surface area contributed by atoms with Crippen LogP contribution in [0, 0.1) is 0 Å². The van der Waals surface area contributed by atoms with E-state index in [-0.39, 0.29) is 30.3 Å².